The first-order valence-electron chi connectivity index (χ1n) is 7.15. The van der Waals surface area contributed by atoms with Crippen LogP contribution in [0.2, 0.25) is 0 Å². The molecule has 2 aromatic carbocycles. The van der Waals surface area contributed by atoms with Crippen LogP contribution in [0.3, 0.4) is 0 Å². The van der Waals surface area contributed by atoms with Crippen molar-refractivity contribution in [3.63, 3.8) is 0 Å². The van der Waals surface area contributed by atoms with Crippen molar-refractivity contribution >= 4 is 11.4 Å². The number of phenolic OH excluding ortho intramolecular Hbond substituents is 1. The monoisotopic (exact) mass is 340 g/mol. The van der Waals surface area contributed by atoms with Gasteiger partial charge < -0.3 is 15.6 Å². The Balaban J connectivity index is 0.000000243. The number of nitrogens with zero attached hydrogens (tertiary/aromatic N) is 1. The van der Waals surface area contributed by atoms with Crippen LogP contribution in [0, 0.1) is 21.7 Å². The molecule has 0 aliphatic rings. The Labute approximate surface area is 137 Å². The maximum atomic E-state index is 12.7. The smallest absolute Gasteiger partial charge is 0.308 e. The van der Waals surface area contributed by atoms with Gasteiger partial charge in [0.15, 0.2) is 0 Å². The number of unbranched alkanes of at least 4 members (excludes halogenated alkanes) is 1. The molecule has 0 saturated heterocycles. The average Bonchev–Trinajstić information content (AvgIpc) is 2.54. The maximum Gasteiger partial charge on any atom is 0.308 e. The molecule has 0 amide bonds. The van der Waals surface area contributed by atoms with E-state index in [1.165, 1.54) is 12.1 Å². The summed E-state index contributed by atoms with van der Waals surface area (Å²) in [7, 11) is 0. The number of nitro benzene ring substituents is 1. The third-order valence-electron chi connectivity index (χ3n) is 2.86. The molecule has 3 N–H and O–H groups in total. The number of nitro groups is 1. The van der Waals surface area contributed by atoms with Gasteiger partial charge >= 0.3 is 5.69 Å². The Morgan fingerprint density at radius 3 is 2.42 bits per heavy atom. The molecule has 0 saturated carbocycles. The second-order valence-electron chi connectivity index (χ2n) is 4.78. The molecule has 2 aromatic rings. The maximum absolute atomic E-state index is 12.7. The Kier molecular flexibility index (Phi) is 7.41. The predicted molar refractivity (Wildman–Crippen MR) is 85.9 cm³/mol. The van der Waals surface area contributed by atoms with Gasteiger partial charge in [-0.3, -0.25) is 10.1 Å². The Morgan fingerprint density at radius 2 is 1.88 bits per heavy atom. The van der Waals surface area contributed by atoms with Gasteiger partial charge in [-0.15, -0.1) is 0 Å². The first-order valence-corrected chi connectivity index (χ1v) is 7.15. The number of halogens is 2. The number of ether oxygens (including phenoxy) is 1. The lowest BCUT2D eigenvalue weighted by Gasteiger charge is -2.05. The molecule has 0 radical (unpaired) electrons. The Morgan fingerprint density at radius 1 is 1.21 bits per heavy atom. The van der Waals surface area contributed by atoms with E-state index < -0.39 is 22.2 Å². The van der Waals surface area contributed by atoms with Gasteiger partial charge in [0.1, 0.15) is 17.3 Å². The minimum absolute atomic E-state index is 0.133. The molecule has 0 bridgehead atoms. The number of aromatic hydroxyl groups is 1. The Hall–Kier alpha value is -2.90. The van der Waals surface area contributed by atoms with E-state index in [2.05, 4.69) is 6.92 Å². The van der Waals surface area contributed by atoms with Crippen LogP contribution in [0.4, 0.5) is 20.2 Å². The second kappa shape index (κ2) is 9.29. The van der Waals surface area contributed by atoms with Crippen LogP contribution in [0.1, 0.15) is 19.8 Å². The molecule has 8 heteroatoms. The summed E-state index contributed by atoms with van der Waals surface area (Å²) in [6, 6.07) is 7.05. The van der Waals surface area contributed by atoms with Crippen LogP contribution >= 0.6 is 0 Å². The molecule has 2 rings (SSSR count). The summed E-state index contributed by atoms with van der Waals surface area (Å²) in [6.07, 6.45) is 2.08. The highest BCUT2D eigenvalue weighted by Crippen LogP contribution is 2.21. The molecule has 0 aliphatic carbocycles. The molecule has 0 unspecified atom stereocenters. The molecule has 6 nitrogen and oxygen atoms in total. The van der Waals surface area contributed by atoms with Crippen molar-refractivity contribution in [2.24, 2.45) is 0 Å². The lowest BCUT2D eigenvalue weighted by molar-refractivity contribution is -0.387. The number of hydrogen-bond donors (Lipinski definition) is 2. The lowest BCUT2D eigenvalue weighted by Crippen LogP contribution is -1.98. The van der Waals surface area contributed by atoms with Gasteiger partial charge in [-0.25, -0.2) is 4.39 Å². The zero-order valence-corrected chi connectivity index (χ0v) is 13.0. The van der Waals surface area contributed by atoms with Gasteiger partial charge in [-0.1, -0.05) is 13.3 Å². The summed E-state index contributed by atoms with van der Waals surface area (Å²) in [5.74, 6) is -1.04. The van der Waals surface area contributed by atoms with Crippen molar-refractivity contribution in [1.29, 1.82) is 0 Å². The van der Waals surface area contributed by atoms with E-state index in [0.717, 1.165) is 31.0 Å². The molecule has 0 heterocycles. The van der Waals surface area contributed by atoms with Crippen molar-refractivity contribution < 1.29 is 23.5 Å². The summed E-state index contributed by atoms with van der Waals surface area (Å²) < 4.78 is 30.5. The molecule has 0 spiro atoms. The van der Waals surface area contributed by atoms with Crippen molar-refractivity contribution in [1.82, 2.24) is 0 Å². The molecule has 130 valence electrons. The van der Waals surface area contributed by atoms with E-state index in [-0.39, 0.29) is 11.4 Å². The van der Waals surface area contributed by atoms with Gasteiger partial charge in [0, 0.05) is 6.07 Å². The lowest BCUT2D eigenvalue weighted by atomic mass is 10.3. The predicted octanol–water partition coefficient (Wildman–Crippen LogP) is 4.03. The van der Waals surface area contributed by atoms with Gasteiger partial charge in [0.05, 0.1) is 23.3 Å². The van der Waals surface area contributed by atoms with Crippen molar-refractivity contribution in [3.8, 4) is 11.5 Å². The first kappa shape index (κ1) is 19.1. The number of rotatable bonds is 5. The van der Waals surface area contributed by atoms with Crippen LogP contribution in [0.15, 0.2) is 36.4 Å². The number of phenols is 1. The SMILES string of the molecule is CCCCOc1ccc(F)c(N)c1.O=[N+]([O-])c1cc(O)ccc1F. The highest BCUT2D eigenvalue weighted by Gasteiger charge is 2.13. The van der Waals surface area contributed by atoms with Crippen LogP contribution in [0.25, 0.3) is 0 Å². The molecule has 24 heavy (non-hydrogen) atoms. The fourth-order valence-electron chi connectivity index (χ4n) is 1.59. The molecular formula is C16H18F2N2O4. The summed E-state index contributed by atoms with van der Waals surface area (Å²) in [5, 5.41) is 18.7. The first-order chi connectivity index (χ1) is 11.3. The minimum Gasteiger partial charge on any atom is -0.508 e. The normalized spacial score (nSPS) is 9.79. The molecule has 0 atom stereocenters. The van der Waals surface area contributed by atoms with E-state index in [9.17, 15) is 18.9 Å². The molecule has 0 fully saturated rings. The van der Waals surface area contributed by atoms with Crippen molar-refractivity contribution in [2.45, 2.75) is 19.8 Å². The van der Waals surface area contributed by atoms with Crippen LogP contribution in [0.5, 0.6) is 11.5 Å². The summed E-state index contributed by atoms with van der Waals surface area (Å²) in [6.45, 7) is 2.74. The van der Waals surface area contributed by atoms with Crippen LogP contribution in [-0.2, 0) is 0 Å². The van der Waals surface area contributed by atoms with Gasteiger partial charge in [0.25, 0.3) is 0 Å². The number of benzene rings is 2. The largest absolute Gasteiger partial charge is 0.508 e. The van der Waals surface area contributed by atoms with E-state index in [0.29, 0.717) is 12.4 Å². The highest BCUT2D eigenvalue weighted by molar-refractivity contribution is 5.45. The van der Waals surface area contributed by atoms with Crippen molar-refractivity contribution in [2.75, 3.05) is 12.3 Å². The molecule has 0 aromatic heterocycles. The topological polar surface area (TPSA) is 98.6 Å². The zero-order chi connectivity index (χ0) is 18.1. The third-order valence-corrected chi connectivity index (χ3v) is 2.86. The third kappa shape index (κ3) is 6.07. The van der Waals surface area contributed by atoms with Crippen LogP contribution in [-0.4, -0.2) is 16.6 Å². The number of nitrogen functional groups attached to an aromatic ring is 1. The number of hydrogen-bond acceptors (Lipinski definition) is 5. The van der Waals surface area contributed by atoms with Gasteiger partial charge in [-0.2, -0.15) is 4.39 Å². The minimum atomic E-state index is -0.951. The molecular weight excluding hydrogens is 322 g/mol. The Bertz CT molecular complexity index is 696. The zero-order valence-electron chi connectivity index (χ0n) is 13.0. The quantitative estimate of drug-likeness (QED) is 0.371. The van der Waals surface area contributed by atoms with E-state index in [1.54, 1.807) is 6.07 Å². The summed E-state index contributed by atoms with van der Waals surface area (Å²) in [4.78, 5) is 9.13. The van der Waals surface area contributed by atoms with E-state index in [1.807, 2.05) is 0 Å². The fraction of sp³-hybridized carbons (Fsp3) is 0.250. The van der Waals surface area contributed by atoms with Gasteiger partial charge in [0.2, 0.25) is 5.82 Å². The summed E-state index contributed by atoms with van der Waals surface area (Å²) in [5.41, 5.74) is 4.79. The standard InChI is InChI=1S/C10H14FNO.C6H4FNO3/c1-2-3-6-13-8-4-5-9(11)10(12)7-8;7-5-2-1-4(9)3-6(5)8(10)11/h4-5,7H,2-3,6,12H2,1H3;1-3,9H. The van der Waals surface area contributed by atoms with Crippen LogP contribution < -0.4 is 10.5 Å². The average molecular weight is 340 g/mol. The number of nitrogens with two attached hydrogens (primary N) is 1. The fourth-order valence-corrected chi connectivity index (χ4v) is 1.59. The highest BCUT2D eigenvalue weighted by atomic mass is 19.1. The second-order valence-corrected chi connectivity index (χ2v) is 4.78. The van der Waals surface area contributed by atoms with Crippen molar-refractivity contribution in [3.05, 3.63) is 58.1 Å². The molecule has 0 aliphatic heterocycles. The van der Waals surface area contributed by atoms with Gasteiger partial charge in [-0.05, 0) is 30.7 Å². The van der Waals surface area contributed by atoms with E-state index in [4.69, 9.17) is 15.6 Å². The summed E-state index contributed by atoms with van der Waals surface area (Å²) >= 11 is 0. The number of anilines is 1. The van der Waals surface area contributed by atoms with E-state index >= 15 is 0 Å².